The van der Waals surface area contributed by atoms with E-state index in [2.05, 4.69) is 10.4 Å². The van der Waals surface area contributed by atoms with E-state index in [1.165, 1.54) is 18.2 Å². The van der Waals surface area contributed by atoms with Gasteiger partial charge >= 0.3 is 11.8 Å². The second kappa shape index (κ2) is 5.98. The zero-order chi connectivity index (χ0) is 16.4. The van der Waals surface area contributed by atoms with Crippen molar-refractivity contribution in [2.24, 2.45) is 0 Å². The number of benzene rings is 1. The molecule has 23 heavy (non-hydrogen) atoms. The van der Waals surface area contributed by atoms with Crippen LogP contribution in [0.15, 0.2) is 30.3 Å². The fourth-order valence-corrected chi connectivity index (χ4v) is 2.65. The number of fused-ring (bicyclic) bond motifs is 1. The molecule has 2 heterocycles. The van der Waals surface area contributed by atoms with Crippen LogP contribution in [0.4, 0.5) is 14.6 Å². The van der Waals surface area contributed by atoms with Gasteiger partial charge in [-0.1, -0.05) is 12.1 Å². The lowest BCUT2D eigenvalue weighted by atomic mass is 10.1. The van der Waals surface area contributed by atoms with E-state index in [1.807, 2.05) is 0 Å². The molecule has 0 saturated heterocycles. The maximum atomic E-state index is 14.5. The lowest BCUT2D eigenvalue weighted by Gasteiger charge is -2.18. The van der Waals surface area contributed by atoms with E-state index in [0.717, 1.165) is 25.1 Å². The highest BCUT2D eigenvalue weighted by Gasteiger charge is 2.43. The molecule has 0 fully saturated rings. The molecule has 2 aromatic rings. The van der Waals surface area contributed by atoms with E-state index >= 15 is 0 Å². The Labute approximate surface area is 132 Å². The highest BCUT2D eigenvalue weighted by molar-refractivity contribution is 5.96. The van der Waals surface area contributed by atoms with Gasteiger partial charge in [0.1, 0.15) is 5.75 Å². The van der Waals surface area contributed by atoms with Gasteiger partial charge < -0.3 is 10.1 Å². The molecule has 1 aromatic heterocycles. The van der Waals surface area contributed by atoms with Crippen LogP contribution >= 0.6 is 0 Å². The lowest BCUT2D eigenvalue weighted by molar-refractivity contribution is -0.141. The molecule has 1 amide bonds. The fourth-order valence-electron chi connectivity index (χ4n) is 2.65. The largest absolute Gasteiger partial charge is 0.493 e. The summed E-state index contributed by atoms with van der Waals surface area (Å²) in [5.41, 5.74) is 0.490. The topological polar surface area (TPSA) is 56.1 Å². The fraction of sp³-hybridized carbons (Fsp3) is 0.375. The first-order valence-electron chi connectivity index (χ1n) is 7.50. The van der Waals surface area contributed by atoms with Crippen molar-refractivity contribution in [3.63, 3.8) is 0 Å². The molecule has 122 valence electrons. The predicted molar refractivity (Wildman–Crippen MR) is 80.7 cm³/mol. The van der Waals surface area contributed by atoms with Crippen molar-refractivity contribution in [1.82, 2.24) is 9.78 Å². The highest BCUT2D eigenvalue weighted by Crippen LogP contribution is 2.36. The van der Waals surface area contributed by atoms with Crippen LogP contribution in [-0.2, 0) is 23.7 Å². The number of carbonyl (C=O) groups excluding carboxylic acids is 1. The van der Waals surface area contributed by atoms with Crippen LogP contribution in [0.5, 0.6) is 5.75 Å². The van der Waals surface area contributed by atoms with E-state index in [-0.39, 0.29) is 18.2 Å². The summed E-state index contributed by atoms with van der Waals surface area (Å²) in [6.07, 6.45) is 1.82. The quantitative estimate of drug-likeness (QED) is 0.921. The Balaban J connectivity index is 1.82. The van der Waals surface area contributed by atoms with Crippen LogP contribution < -0.4 is 10.1 Å². The SMILES string of the molecule is CCOc1ccccc1C(F)(F)C(=O)Nc1cc2n(n1)CCC2. The molecule has 0 unspecified atom stereocenters. The minimum Gasteiger partial charge on any atom is -0.493 e. The van der Waals surface area contributed by atoms with Crippen LogP contribution in [0.3, 0.4) is 0 Å². The summed E-state index contributed by atoms with van der Waals surface area (Å²) in [6.45, 7) is 2.68. The van der Waals surface area contributed by atoms with Crippen LogP contribution in [-0.4, -0.2) is 22.3 Å². The van der Waals surface area contributed by atoms with Gasteiger partial charge in [-0.3, -0.25) is 9.48 Å². The average Bonchev–Trinajstić information content (AvgIpc) is 3.09. The summed E-state index contributed by atoms with van der Waals surface area (Å²) in [5, 5.41) is 6.32. The average molecular weight is 321 g/mol. The first-order valence-corrected chi connectivity index (χ1v) is 7.50. The monoisotopic (exact) mass is 321 g/mol. The van der Waals surface area contributed by atoms with Crippen molar-refractivity contribution in [2.45, 2.75) is 32.2 Å². The van der Waals surface area contributed by atoms with Crippen LogP contribution in [0.25, 0.3) is 0 Å². The number of nitrogens with zero attached hydrogens (tertiary/aromatic N) is 2. The molecule has 1 aliphatic heterocycles. The summed E-state index contributed by atoms with van der Waals surface area (Å²) in [6, 6.07) is 7.28. The molecular weight excluding hydrogens is 304 g/mol. The van der Waals surface area contributed by atoms with Crippen molar-refractivity contribution in [3.05, 3.63) is 41.6 Å². The van der Waals surface area contributed by atoms with Gasteiger partial charge in [-0.25, -0.2) is 0 Å². The molecule has 3 rings (SSSR count). The summed E-state index contributed by atoms with van der Waals surface area (Å²) in [7, 11) is 0. The standard InChI is InChI=1S/C16H17F2N3O2/c1-2-23-13-8-4-3-7-12(13)16(17,18)15(22)19-14-10-11-6-5-9-21(11)20-14/h3-4,7-8,10H,2,5-6,9H2,1H3,(H,19,20,22). The third-order valence-electron chi connectivity index (χ3n) is 3.72. The number of carbonyl (C=O) groups is 1. The number of aryl methyl sites for hydroxylation is 2. The molecule has 1 aromatic carbocycles. The van der Waals surface area contributed by atoms with Crippen molar-refractivity contribution in [3.8, 4) is 5.75 Å². The molecular formula is C16H17F2N3O2. The zero-order valence-corrected chi connectivity index (χ0v) is 12.7. The van der Waals surface area contributed by atoms with Gasteiger partial charge in [0.2, 0.25) is 0 Å². The summed E-state index contributed by atoms with van der Waals surface area (Å²) in [5.74, 6) is -4.97. The first-order chi connectivity index (χ1) is 11.0. The Hall–Kier alpha value is -2.44. The number of nitrogens with one attached hydrogen (secondary N) is 1. The Kier molecular flexibility index (Phi) is 4.02. The van der Waals surface area contributed by atoms with Gasteiger partial charge in [-0.05, 0) is 31.9 Å². The molecule has 7 heteroatoms. The molecule has 0 radical (unpaired) electrons. The van der Waals surface area contributed by atoms with Crippen LogP contribution in [0, 0.1) is 0 Å². The Morgan fingerprint density at radius 2 is 2.22 bits per heavy atom. The van der Waals surface area contributed by atoms with E-state index in [0.29, 0.717) is 0 Å². The molecule has 0 atom stereocenters. The third-order valence-corrected chi connectivity index (χ3v) is 3.72. The maximum absolute atomic E-state index is 14.5. The number of aromatic nitrogens is 2. The third kappa shape index (κ3) is 2.91. The molecule has 1 aliphatic rings. The van der Waals surface area contributed by atoms with Gasteiger partial charge in [0.25, 0.3) is 0 Å². The number of rotatable bonds is 5. The predicted octanol–water partition coefficient (Wildman–Crippen LogP) is 2.96. The number of para-hydroxylation sites is 1. The number of alkyl halides is 2. The second-order valence-electron chi connectivity index (χ2n) is 5.31. The number of anilines is 1. The smallest absolute Gasteiger partial charge is 0.353 e. The van der Waals surface area contributed by atoms with Crippen molar-refractivity contribution >= 4 is 11.7 Å². The van der Waals surface area contributed by atoms with Crippen LogP contribution in [0.2, 0.25) is 0 Å². The lowest BCUT2D eigenvalue weighted by Crippen LogP contribution is -2.33. The zero-order valence-electron chi connectivity index (χ0n) is 12.7. The Morgan fingerprint density at radius 1 is 1.43 bits per heavy atom. The van der Waals surface area contributed by atoms with Crippen molar-refractivity contribution in [2.75, 3.05) is 11.9 Å². The number of amides is 1. The minimum atomic E-state index is -3.71. The Morgan fingerprint density at radius 3 is 2.96 bits per heavy atom. The van der Waals surface area contributed by atoms with Gasteiger partial charge in [-0.2, -0.15) is 13.9 Å². The molecule has 0 saturated carbocycles. The number of hydrogen-bond acceptors (Lipinski definition) is 3. The summed E-state index contributed by atoms with van der Waals surface area (Å²) >= 11 is 0. The molecule has 0 spiro atoms. The Bertz CT molecular complexity index is 706. The highest BCUT2D eigenvalue weighted by atomic mass is 19.3. The van der Waals surface area contributed by atoms with E-state index in [4.69, 9.17) is 4.74 Å². The summed E-state index contributed by atoms with van der Waals surface area (Å²) in [4.78, 5) is 12.1. The van der Waals surface area contributed by atoms with Crippen molar-refractivity contribution < 1.29 is 18.3 Å². The molecule has 0 bridgehead atoms. The van der Waals surface area contributed by atoms with Gasteiger partial charge in [0.05, 0.1) is 12.2 Å². The maximum Gasteiger partial charge on any atom is 0.353 e. The number of hydrogen-bond donors (Lipinski definition) is 1. The number of ether oxygens (including phenoxy) is 1. The first kappa shape index (κ1) is 15.5. The van der Waals surface area contributed by atoms with E-state index in [1.54, 1.807) is 23.7 Å². The van der Waals surface area contributed by atoms with Crippen molar-refractivity contribution in [1.29, 1.82) is 0 Å². The minimum absolute atomic E-state index is 0.00230. The van der Waals surface area contributed by atoms with E-state index in [9.17, 15) is 13.6 Å². The van der Waals surface area contributed by atoms with Gasteiger partial charge in [0.15, 0.2) is 5.82 Å². The van der Waals surface area contributed by atoms with Gasteiger partial charge in [-0.15, -0.1) is 0 Å². The van der Waals surface area contributed by atoms with E-state index < -0.39 is 17.4 Å². The molecule has 0 aliphatic carbocycles. The summed E-state index contributed by atoms with van der Waals surface area (Å²) < 4.78 is 35.9. The normalized spacial score (nSPS) is 13.7. The van der Waals surface area contributed by atoms with Crippen LogP contribution in [0.1, 0.15) is 24.6 Å². The second-order valence-corrected chi connectivity index (χ2v) is 5.31. The van der Waals surface area contributed by atoms with Gasteiger partial charge in [0, 0.05) is 18.3 Å². The number of halogens is 2. The molecule has 1 N–H and O–H groups in total. The molecule has 5 nitrogen and oxygen atoms in total.